The molecule has 3 unspecified atom stereocenters. The predicted molar refractivity (Wildman–Crippen MR) is 58.3 cm³/mol. The Morgan fingerprint density at radius 1 is 1.50 bits per heavy atom. The van der Waals surface area contributed by atoms with Crippen LogP contribution in [0.3, 0.4) is 0 Å². The van der Waals surface area contributed by atoms with Gasteiger partial charge in [-0.25, -0.2) is 0 Å². The third kappa shape index (κ3) is 2.71. The van der Waals surface area contributed by atoms with Crippen molar-refractivity contribution in [2.45, 2.75) is 64.6 Å². The molecule has 0 aromatic heterocycles. The molecule has 1 aliphatic carbocycles. The molecule has 1 N–H and O–H groups in total. The van der Waals surface area contributed by atoms with Crippen molar-refractivity contribution in [3.05, 3.63) is 0 Å². The summed E-state index contributed by atoms with van der Waals surface area (Å²) in [7, 11) is 0. The zero-order valence-corrected chi connectivity index (χ0v) is 9.75. The van der Waals surface area contributed by atoms with Crippen LogP contribution in [0.2, 0.25) is 0 Å². The number of hydrogen-bond acceptors (Lipinski definition) is 2. The topological polar surface area (TPSA) is 29.5 Å². The molecule has 1 saturated carbocycles. The summed E-state index contributed by atoms with van der Waals surface area (Å²) >= 11 is 0. The largest absolute Gasteiger partial charge is 0.390 e. The van der Waals surface area contributed by atoms with Crippen LogP contribution in [0.25, 0.3) is 0 Å². The first kappa shape index (κ1) is 12.0. The van der Waals surface area contributed by atoms with Crippen LogP contribution in [0.5, 0.6) is 0 Å². The lowest BCUT2D eigenvalue weighted by Crippen LogP contribution is -2.48. The molecule has 0 amide bonds. The molecule has 2 nitrogen and oxygen atoms in total. The summed E-state index contributed by atoms with van der Waals surface area (Å²) in [4.78, 5) is 0. The van der Waals surface area contributed by atoms with E-state index in [9.17, 15) is 5.11 Å². The highest BCUT2D eigenvalue weighted by Crippen LogP contribution is 2.35. The lowest BCUT2D eigenvalue weighted by Gasteiger charge is -2.41. The smallest absolute Gasteiger partial charge is 0.0914 e. The molecule has 0 aromatic carbocycles. The van der Waals surface area contributed by atoms with Gasteiger partial charge in [0.1, 0.15) is 0 Å². The summed E-state index contributed by atoms with van der Waals surface area (Å²) in [6, 6.07) is 0. The van der Waals surface area contributed by atoms with Crippen LogP contribution in [0.1, 0.15) is 52.9 Å². The van der Waals surface area contributed by atoms with E-state index in [4.69, 9.17) is 4.74 Å². The molecule has 1 fully saturated rings. The maximum atomic E-state index is 10.1. The van der Waals surface area contributed by atoms with Gasteiger partial charge in [0.25, 0.3) is 0 Å². The number of ether oxygens (including phenoxy) is 1. The molecule has 0 bridgehead atoms. The molecule has 0 aliphatic heterocycles. The van der Waals surface area contributed by atoms with Crippen LogP contribution in [0, 0.1) is 5.92 Å². The predicted octanol–water partition coefficient (Wildman–Crippen LogP) is 2.74. The Balaban J connectivity index is 2.44. The highest BCUT2D eigenvalue weighted by molar-refractivity contribution is 4.91. The fourth-order valence-electron chi connectivity index (χ4n) is 2.29. The molecule has 3 atom stereocenters. The maximum absolute atomic E-state index is 10.1. The van der Waals surface area contributed by atoms with Gasteiger partial charge in [0.05, 0.1) is 11.7 Å². The Hall–Kier alpha value is -0.0800. The van der Waals surface area contributed by atoms with E-state index in [-0.39, 0.29) is 11.7 Å². The highest BCUT2D eigenvalue weighted by atomic mass is 16.5. The molecule has 1 rings (SSSR count). The Morgan fingerprint density at radius 2 is 2.21 bits per heavy atom. The Kier molecular flexibility index (Phi) is 4.39. The molecule has 0 spiro atoms. The fraction of sp³-hybridized carbons (Fsp3) is 1.00. The van der Waals surface area contributed by atoms with E-state index < -0.39 is 0 Å². The first-order valence-corrected chi connectivity index (χ1v) is 5.92. The van der Waals surface area contributed by atoms with Crippen molar-refractivity contribution >= 4 is 0 Å². The van der Waals surface area contributed by atoms with E-state index in [1.165, 1.54) is 6.42 Å². The van der Waals surface area contributed by atoms with Crippen molar-refractivity contribution in [1.82, 2.24) is 0 Å². The lowest BCUT2D eigenvalue weighted by molar-refractivity contribution is -0.150. The molecule has 14 heavy (non-hydrogen) atoms. The maximum Gasteiger partial charge on any atom is 0.0914 e. The van der Waals surface area contributed by atoms with Crippen LogP contribution in [-0.4, -0.2) is 23.4 Å². The molecule has 1 aliphatic rings. The molecule has 2 heteroatoms. The zero-order valence-electron chi connectivity index (χ0n) is 9.75. The molecule has 0 radical (unpaired) electrons. The minimum absolute atomic E-state index is 0.284. The van der Waals surface area contributed by atoms with Crippen LogP contribution in [0.4, 0.5) is 0 Å². The first-order chi connectivity index (χ1) is 6.60. The van der Waals surface area contributed by atoms with Gasteiger partial charge in [-0.15, -0.1) is 0 Å². The van der Waals surface area contributed by atoms with E-state index in [0.29, 0.717) is 5.92 Å². The van der Waals surface area contributed by atoms with Gasteiger partial charge < -0.3 is 9.84 Å². The SMILES string of the molecule is CCCCOC1(C)CCCC(C)C1O. The van der Waals surface area contributed by atoms with Gasteiger partial charge in [-0.1, -0.05) is 26.7 Å². The van der Waals surface area contributed by atoms with Crippen molar-refractivity contribution in [2.24, 2.45) is 5.92 Å². The van der Waals surface area contributed by atoms with E-state index in [1.54, 1.807) is 0 Å². The monoisotopic (exact) mass is 200 g/mol. The lowest BCUT2D eigenvalue weighted by atomic mass is 9.77. The van der Waals surface area contributed by atoms with Gasteiger partial charge in [-0.05, 0) is 32.1 Å². The zero-order chi connectivity index (χ0) is 10.6. The number of aliphatic hydroxyl groups is 1. The van der Waals surface area contributed by atoms with Crippen molar-refractivity contribution < 1.29 is 9.84 Å². The second-order valence-electron chi connectivity index (χ2n) is 4.83. The van der Waals surface area contributed by atoms with Crippen LogP contribution in [-0.2, 0) is 4.74 Å². The Morgan fingerprint density at radius 3 is 2.86 bits per heavy atom. The summed E-state index contributed by atoms with van der Waals surface area (Å²) in [6.45, 7) is 7.12. The standard InChI is InChI=1S/C12H24O2/c1-4-5-9-14-12(3)8-6-7-10(2)11(12)13/h10-11,13H,4-9H2,1-3H3. The van der Waals surface area contributed by atoms with E-state index in [1.807, 2.05) is 0 Å². The van der Waals surface area contributed by atoms with Crippen LogP contribution in [0.15, 0.2) is 0 Å². The van der Waals surface area contributed by atoms with Crippen molar-refractivity contribution in [3.8, 4) is 0 Å². The molecule has 0 saturated heterocycles. The summed E-state index contributed by atoms with van der Waals surface area (Å²) in [5, 5.41) is 10.1. The number of unbranched alkanes of at least 4 members (excludes halogenated alkanes) is 1. The Bertz CT molecular complexity index is 170. The van der Waals surface area contributed by atoms with E-state index >= 15 is 0 Å². The second-order valence-corrected chi connectivity index (χ2v) is 4.83. The van der Waals surface area contributed by atoms with Gasteiger partial charge in [-0.2, -0.15) is 0 Å². The molecule has 84 valence electrons. The average Bonchev–Trinajstić information content (AvgIpc) is 2.15. The molecule has 0 aromatic rings. The number of rotatable bonds is 4. The van der Waals surface area contributed by atoms with E-state index in [2.05, 4.69) is 20.8 Å². The summed E-state index contributed by atoms with van der Waals surface area (Å²) in [6.07, 6.45) is 5.28. The van der Waals surface area contributed by atoms with Gasteiger partial charge in [0.15, 0.2) is 0 Å². The van der Waals surface area contributed by atoms with Crippen LogP contribution >= 0.6 is 0 Å². The third-order valence-corrected chi connectivity index (χ3v) is 3.43. The fourth-order valence-corrected chi connectivity index (χ4v) is 2.29. The van der Waals surface area contributed by atoms with E-state index in [0.717, 1.165) is 32.3 Å². The summed E-state index contributed by atoms with van der Waals surface area (Å²) in [5.74, 6) is 0.385. The Labute approximate surface area is 87.7 Å². The summed E-state index contributed by atoms with van der Waals surface area (Å²) < 4.78 is 5.84. The number of hydrogen-bond donors (Lipinski definition) is 1. The molecular formula is C12H24O2. The van der Waals surface area contributed by atoms with Crippen LogP contribution < -0.4 is 0 Å². The minimum Gasteiger partial charge on any atom is -0.390 e. The molecular weight excluding hydrogens is 176 g/mol. The number of aliphatic hydroxyl groups excluding tert-OH is 1. The second kappa shape index (κ2) is 5.13. The van der Waals surface area contributed by atoms with Crippen molar-refractivity contribution in [1.29, 1.82) is 0 Å². The average molecular weight is 200 g/mol. The van der Waals surface area contributed by atoms with Gasteiger partial charge in [0.2, 0.25) is 0 Å². The highest BCUT2D eigenvalue weighted by Gasteiger charge is 2.40. The van der Waals surface area contributed by atoms with Gasteiger partial charge in [-0.3, -0.25) is 0 Å². The van der Waals surface area contributed by atoms with Crippen molar-refractivity contribution in [3.63, 3.8) is 0 Å². The molecule has 0 heterocycles. The minimum atomic E-state index is -0.285. The van der Waals surface area contributed by atoms with Gasteiger partial charge in [0, 0.05) is 6.61 Å². The van der Waals surface area contributed by atoms with Crippen molar-refractivity contribution in [2.75, 3.05) is 6.61 Å². The van der Waals surface area contributed by atoms with Gasteiger partial charge >= 0.3 is 0 Å². The first-order valence-electron chi connectivity index (χ1n) is 5.92. The third-order valence-electron chi connectivity index (χ3n) is 3.43. The summed E-state index contributed by atoms with van der Waals surface area (Å²) in [5.41, 5.74) is -0.285. The quantitative estimate of drug-likeness (QED) is 0.707. The normalized spacial score (nSPS) is 38.6.